The van der Waals surface area contributed by atoms with Gasteiger partial charge in [-0.05, 0) is 24.3 Å². The van der Waals surface area contributed by atoms with E-state index in [1.807, 2.05) is 20.8 Å². The zero-order valence-corrected chi connectivity index (χ0v) is 12.1. The summed E-state index contributed by atoms with van der Waals surface area (Å²) in [6, 6.07) is 7.10. The van der Waals surface area contributed by atoms with Gasteiger partial charge in [-0.3, -0.25) is 9.89 Å². The predicted octanol–water partition coefficient (Wildman–Crippen LogP) is 2.58. The Morgan fingerprint density at radius 3 is 2.26 bits per heavy atom. The molecule has 0 radical (unpaired) electrons. The summed E-state index contributed by atoms with van der Waals surface area (Å²) in [5, 5.41) is 3.80. The minimum Gasteiger partial charge on any atom is -0.326 e. The highest BCUT2D eigenvalue weighted by molar-refractivity contribution is 6.30. The summed E-state index contributed by atoms with van der Waals surface area (Å²) in [5.41, 5.74) is 7.69. The molecule has 0 unspecified atom stereocenters. The van der Waals surface area contributed by atoms with E-state index >= 15 is 0 Å². The normalized spacial score (nSPS) is 11.8. The lowest BCUT2D eigenvalue weighted by molar-refractivity contribution is 0.554. The lowest BCUT2D eigenvalue weighted by atomic mass is 9.89. The number of H-pyrrole nitrogens is 1. The maximum Gasteiger partial charge on any atom is 0.275 e. The molecular formula is C14H18ClN3O. The van der Waals surface area contributed by atoms with Gasteiger partial charge in [0.05, 0.1) is 11.3 Å². The number of hydrogen-bond acceptors (Lipinski definition) is 2. The average molecular weight is 280 g/mol. The molecule has 0 saturated heterocycles. The maximum atomic E-state index is 12.4. The number of nitrogens with two attached hydrogens (primary N) is 1. The standard InChI is InChI=1S/C14H18ClN3O/c1-14(2,3)12-11(8-16)13(19)18(17-12)10-6-4-9(15)5-7-10/h4-7,17H,8,16H2,1-3H3. The van der Waals surface area contributed by atoms with Gasteiger partial charge in [-0.2, -0.15) is 0 Å². The van der Waals surface area contributed by atoms with Crippen molar-refractivity contribution in [3.63, 3.8) is 0 Å². The smallest absolute Gasteiger partial charge is 0.275 e. The predicted molar refractivity (Wildman–Crippen MR) is 78.0 cm³/mol. The van der Waals surface area contributed by atoms with Gasteiger partial charge in [-0.25, -0.2) is 4.68 Å². The van der Waals surface area contributed by atoms with Gasteiger partial charge in [-0.15, -0.1) is 0 Å². The molecule has 2 aromatic rings. The molecule has 1 aromatic carbocycles. The molecule has 2 rings (SSSR count). The van der Waals surface area contributed by atoms with Crippen molar-refractivity contribution < 1.29 is 0 Å². The van der Waals surface area contributed by atoms with E-state index in [4.69, 9.17) is 17.3 Å². The van der Waals surface area contributed by atoms with Gasteiger partial charge in [-0.1, -0.05) is 32.4 Å². The molecule has 0 saturated carbocycles. The number of rotatable bonds is 2. The minimum absolute atomic E-state index is 0.102. The van der Waals surface area contributed by atoms with Crippen molar-refractivity contribution in [2.45, 2.75) is 32.7 Å². The van der Waals surface area contributed by atoms with Crippen molar-refractivity contribution in [2.24, 2.45) is 5.73 Å². The van der Waals surface area contributed by atoms with Gasteiger partial charge >= 0.3 is 0 Å². The molecule has 0 aliphatic carbocycles. The fourth-order valence-electron chi connectivity index (χ4n) is 2.05. The Balaban J connectivity index is 2.63. The molecule has 0 atom stereocenters. The SMILES string of the molecule is CC(C)(C)c1[nH]n(-c2ccc(Cl)cc2)c(=O)c1CN. The van der Waals surface area contributed by atoms with Crippen LogP contribution in [0.1, 0.15) is 32.0 Å². The molecule has 0 fully saturated rings. The van der Waals surface area contributed by atoms with E-state index < -0.39 is 0 Å². The second-order valence-corrected chi connectivity index (χ2v) is 5.97. The van der Waals surface area contributed by atoms with E-state index in [1.54, 1.807) is 24.3 Å². The Labute approximate surface area is 117 Å². The van der Waals surface area contributed by atoms with Crippen molar-refractivity contribution >= 4 is 11.6 Å². The summed E-state index contributed by atoms with van der Waals surface area (Å²) in [6.45, 7) is 6.36. The Bertz CT molecular complexity index is 632. The maximum absolute atomic E-state index is 12.4. The summed E-state index contributed by atoms with van der Waals surface area (Å²) >= 11 is 5.86. The topological polar surface area (TPSA) is 63.8 Å². The Kier molecular flexibility index (Phi) is 3.56. The van der Waals surface area contributed by atoms with E-state index in [-0.39, 0.29) is 17.5 Å². The summed E-state index contributed by atoms with van der Waals surface area (Å²) in [6.07, 6.45) is 0. The lowest BCUT2D eigenvalue weighted by Gasteiger charge is -2.17. The molecule has 5 heteroatoms. The number of halogens is 1. The van der Waals surface area contributed by atoms with Gasteiger partial charge in [0.15, 0.2) is 0 Å². The Morgan fingerprint density at radius 1 is 1.26 bits per heavy atom. The van der Waals surface area contributed by atoms with Gasteiger partial charge in [0.2, 0.25) is 0 Å². The number of nitrogens with one attached hydrogen (secondary N) is 1. The van der Waals surface area contributed by atoms with Crippen LogP contribution in [0.25, 0.3) is 5.69 Å². The van der Waals surface area contributed by atoms with E-state index in [2.05, 4.69) is 5.10 Å². The van der Waals surface area contributed by atoms with Crippen LogP contribution < -0.4 is 11.3 Å². The monoisotopic (exact) mass is 279 g/mol. The van der Waals surface area contributed by atoms with E-state index in [0.29, 0.717) is 10.6 Å². The molecule has 4 nitrogen and oxygen atoms in total. The first-order valence-electron chi connectivity index (χ1n) is 6.15. The molecule has 0 aliphatic rings. The first-order chi connectivity index (χ1) is 8.84. The Morgan fingerprint density at radius 2 is 1.84 bits per heavy atom. The lowest BCUT2D eigenvalue weighted by Crippen LogP contribution is -2.20. The number of nitrogens with zero attached hydrogens (tertiary/aromatic N) is 1. The molecule has 0 spiro atoms. The van der Waals surface area contributed by atoms with Crippen molar-refractivity contribution in [3.05, 3.63) is 50.9 Å². The van der Waals surface area contributed by atoms with E-state index in [9.17, 15) is 4.79 Å². The van der Waals surface area contributed by atoms with Crippen molar-refractivity contribution in [1.29, 1.82) is 0 Å². The molecule has 0 aliphatic heterocycles. The molecule has 3 N–H and O–H groups in total. The molecule has 0 amide bonds. The quantitative estimate of drug-likeness (QED) is 0.887. The van der Waals surface area contributed by atoms with Crippen LogP contribution in [-0.4, -0.2) is 9.78 Å². The highest BCUT2D eigenvalue weighted by atomic mass is 35.5. The second kappa shape index (κ2) is 4.87. The first-order valence-corrected chi connectivity index (χ1v) is 6.53. The van der Waals surface area contributed by atoms with Gasteiger partial charge < -0.3 is 5.73 Å². The minimum atomic E-state index is -0.161. The van der Waals surface area contributed by atoms with Crippen LogP contribution in [-0.2, 0) is 12.0 Å². The van der Waals surface area contributed by atoms with Crippen LogP contribution >= 0.6 is 11.6 Å². The number of aromatic amines is 1. The van der Waals surface area contributed by atoms with Crippen LogP contribution in [0.15, 0.2) is 29.1 Å². The van der Waals surface area contributed by atoms with Crippen LogP contribution in [0, 0.1) is 0 Å². The second-order valence-electron chi connectivity index (χ2n) is 5.54. The molecular weight excluding hydrogens is 262 g/mol. The zero-order valence-electron chi connectivity index (χ0n) is 11.3. The number of hydrogen-bond donors (Lipinski definition) is 2. The molecule has 0 bridgehead atoms. The molecule has 19 heavy (non-hydrogen) atoms. The highest BCUT2D eigenvalue weighted by Gasteiger charge is 2.23. The van der Waals surface area contributed by atoms with Crippen LogP contribution in [0.3, 0.4) is 0 Å². The summed E-state index contributed by atoms with van der Waals surface area (Å²) in [5.74, 6) is 0. The van der Waals surface area contributed by atoms with Crippen LogP contribution in [0.4, 0.5) is 0 Å². The summed E-state index contributed by atoms with van der Waals surface area (Å²) in [7, 11) is 0. The van der Waals surface area contributed by atoms with Crippen LogP contribution in [0.5, 0.6) is 0 Å². The van der Waals surface area contributed by atoms with Crippen molar-refractivity contribution in [2.75, 3.05) is 0 Å². The van der Waals surface area contributed by atoms with Crippen LogP contribution in [0.2, 0.25) is 5.02 Å². The third-order valence-corrected chi connectivity index (χ3v) is 3.28. The molecule has 1 aromatic heterocycles. The van der Waals surface area contributed by atoms with E-state index in [0.717, 1.165) is 11.4 Å². The van der Waals surface area contributed by atoms with Gasteiger partial charge in [0.25, 0.3) is 5.56 Å². The number of benzene rings is 1. The van der Waals surface area contributed by atoms with Gasteiger partial charge in [0, 0.05) is 22.7 Å². The zero-order chi connectivity index (χ0) is 14.2. The Hall–Kier alpha value is -1.52. The van der Waals surface area contributed by atoms with Crippen molar-refractivity contribution in [3.8, 4) is 5.69 Å². The largest absolute Gasteiger partial charge is 0.326 e. The summed E-state index contributed by atoms with van der Waals surface area (Å²) < 4.78 is 1.51. The number of aromatic nitrogens is 2. The fraction of sp³-hybridized carbons (Fsp3) is 0.357. The first kappa shape index (κ1) is 13.9. The summed E-state index contributed by atoms with van der Waals surface area (Å²) in [4.78, 5) is 12.4. The van der Waals surface area contributed by atoms with Crippen molar-refractivity contribution in [1.82, 2.24) is 9.78 Å². The molecule has 102 valence electrons. The molecule has 1 heterocycles. The fourth-order valence-corrected chi connectivity index (χ4v) is 2.18. The highest BCUT2D eigenvalue weighted by Crippen LogP contribution is 2.23. The third kappa shape index (κ3) is 2.60. The third-order valence-electron chi connectivity index (χ3n) is 3.03. The van der Waals surface area contributed by atoms with E-state index in [1.165, 1.54) is 4.68 Å². The van der Waals surface area contributed by atoms with Gasteiger partial charge in [0.1, 0.15) is 0 Å². The average Bonchev–Trinajstić information content (AvgIpc) is 2.67.